The van der Waals surface area contributed by atoms with Crippen LogP contribution in [0.25, 0.3) is 0 Å². The van der Waals surface area contributed by atoms with E-state index >= 15 is 0 Å². The molecule has 2 rings (SSSR count). The molecule has 1 heterocycles. The van der Waals surface area contributed by atoms with Crippen LogP contribution in [0.15, 0.2) is 16.7 Å². The molecule has 0 aliphatic rings. The number of ether oxygens (including phenoxy) is 1. The molecule has 2 aromatic rings. The Labute approximate surface area is 103 Å². The van der Waals surface area contributed by atoms with Crippen molar-refractivity contribution in [3.05, 3.63) is 29.7 Å². The minimum atomic E-state index is -0.468. The number of nitrogen functional groups attached to an aromatic ring is 1. The first-order valence-corrected chi connectivity index (χ1v) is 5.26. The molecule has 0 bridgehead atoms. The van der Waals surface area contributed by atoms with Crippen LogP contribution in [0.3, 0.4) is 0 Å². The zero-order valence-electron chi connectivity index (χ0n) is 10.0. The number of nitrogens with zero attached hydrogens (tertiary/aromatic N) is 2. The predicted molar refractivity (Wildman–Crippen MR) is 63.7 cm³/mol. The smallest absolute Gasteiger partial charge is 0.245 e. The Bertz CT molecular complexity index is 556. The van der Waals surface area contributed by atoms with Gasteiger partial charge in [0, 0.05) is 12.1 Å². The Balaban J connectivity index is 2.13. The van der Waals surface area contributed by atoms with Crippen molar-refractivity contribution in [3.63, 3.8) is 0 Å². The van der Waals surface area contributed by atoms with Gasteiger partial charge in [-0.15, -0.1) is 0 Å². The molecule has 7 heteroatoms. The lowest BCUT2D eigenvalue weighted by Gasteiger charge is -2.09. The van der Waals surface area contributed by atoms with Crippen molar-refractivity contribution in [3.8, 4) is 5.75 Å². The average Bonchev–Trinajstić information content (AvgIpc) is 2.74. The number of nitrogens with two attached hydrogens (primary N) is 1. The fourth-order valence-corrected chi connectivity index (χ4v) is 1.46. The normalized spacial score (nSPS) is 10.4. The predicted octanol–water partition coefficient (Wildman–Crippen LogP) is 1.72. The van der Waals surface area contributed by atoms with Crippen molar-refractivity contribution in [1.29, 1.82) is 0 Å². The Morgan fingerprint density at radius 2 is 2.28 bits per heavy atom. The topological polar surface area (TPSA) is 86.2 Å². The second kappa shape index (κ2) is 4.91. The first-order valence-electron chi connectivity index (χ1n) is 5.26. The van der Waals surface area contributed by atoms with Gasteiger partial charge in [-0.25, -0.2) is 4.39 Å². The largest absolute Gasteiger partial charge is 0.495 e. The second-order valence-corrected chi connectivity index (χ2v) is 3.66. The van der Waals surface area contributed by atoms with Crippen LogP contribution in [0.2, 0.25) is 0 Å². The summed E-state index contributed by atoms with van der Waals surface area (Å²) in [5.41, 5.74) is 6.08. The second-order valence-electron chi connectivity index (χ2n) is 3.66. The lowest BCUT2D eigenvalue weighted by atomic mass is 10.2. The molecule has 96 valence electrons. The molecule has 0 unspecified atom stereocenters. The van der Waals surface area contributed by atoms with Gasteiger partial charge in [0.1, 0.15) is 11.6 Å². The molecule has 0 fully saturated rings. The van der Waals surface area contributed by atoms with Crippen molar-refractivity contribution in [1.82, 2.24) is 10.1 Å². The van der Waals surface area contributed by atoms with Gasteiger partial charge in [0.2, 0.25) is 5.89 Å². The number of halogens is 1. The number of aryl methyl sites for hydroxylation is 1. The summed E-state index contributed by atoms with van der Waals surface area (Å²) in [7, 11) is 1.47. The SMILES string of the molecule is COc1cc(NCc2nc(C)no2)c(F)cc1N. The number of anilines is 2. The summed E-state index contributed by atoms with van der Waals surface area (Å²) in [4.78, 5) is 4.00. The molecule has 6 nitrogen and oxygen atoms in total. The zero-order valence-corrected chi connectivity index (χ0v) is 10.0. The highest BCUT2D eigenvalue weighted by Crippen LogP contribution is 2.28. The van der Waals surface area contributed by atoms with E-state index in [0.717, 1.165) is 0 Å². The molecule has 18 heavy (non-hydrogen) atoms. The van der Waals surface area contributed by atoms with E-state index in [1.54, 1.807) is 6.92 Å². The Morgan fingerprint density at radius 1 is 1.50 bits per heavy atom. The van der Waals surface area contributed by atoms with E-state index < -0.39 is 5.82 Å². The molecule has 3 N–H and O–H groups in total. The third-order valence-electron chi connectivity index (χ3n) is 2.32. The van der Waals surface area contributed by atoms with E-state index in [2.05, 4.69) is 15.5 Å². The van der Waals surface area contributed by atoms with Gasteiger partial charge < -0.3 is 20.3 Å². The first kappa shape index (κ1) is 12.2. The van der Waals surface area contributed by atoms with Gasteiger partial charge in [-0.2, -0.15) is 4.98 Å². The van der Waals surface area contributed by atoms with E-state index in [4.69, 9.17) is 15.0 Å². The Hall–Kier alpha value is -2.31. The van der Waals surface area contributed by atoms with E-state index in [9.17, 15) is 4.39 Å². The van der Waals surface area contributed by atoms with Crippen molar-refractivity contribution < 1.29 is 13.7 Å². The lowest BCUT2D eigenvalue weighted by molar-refractivity contribution is 0.379. The van der Waals surface area contributed by atoms with Crippen LogP contribution in [-0.4, -0.2) is 17.3 Å². The number of rotatable bonds is 4. The fourth-order valence-electron chi connectivity index (χ4n) is 1.46. The lowest BCUT2D eigenvalue weighted by Crippen LogP contribution is -2.03. The molecule has 0 saturated carbocycles. The average molecular weight is 252 g/mol. The number of hydrogen-bond donors (Lipinski definition) is 2. The molecule has 0 radical (unpaired) electrons. The van der Waals surface area contributed by atoms with Gasteiger partial charge in [0.05, 0.1) is 25.0 Å². The number of nitrogens with one attached hydrogen (secondary N) is 1. The van der Waals surface area contributed by atoms with Gasteiger partial charge >= 0.3 is 0 Å². The third-order valence-corrected chi connectivity index (χ3v) is 2.32. The summed E-state index contributed by atoms with van der Waals surface area (Å²) < 4.78 is 23.5. The number of aromatic nitrogens is 2. The van der Waals surface area contributed by atoms with Gasteiger partial charge in [-0.05, 0) is 6.92 Å². The van der Waals surface area contributed by atoms with E-state index in [1.807, 2.05) is 0 Å². The van der Waals surface area contributed by atoms with E-state index in [1.165, 1.54) is 19.2 Å². The number of hydrogen-bond acceptors (Lipinski definition) is 6. The summed E-state index contributed by atoms with van der Waals surface area (Å²) in [6, 6.07) is 2.67. The molecule has 0 amide bonds. The van der Waals surface area contributed by atoms with Crippen LogP contribution in [-0.2, 0) is 6.54 Å². The van der Waals surface area contributed by atoms with Crippen LogP contribution in [0.5, 0.6) is 5.75 Å². The van der Waals surface area contributed by atoms with Crippen LogP contribution in [0.4, 0.5) is 15.8 Å². The standard InChI is InChI=1S/C11H13FN4O2/c1-6-15-11(18-16-6)5-14-9-4-10(17-2)8(13)3-7(9)12/h3-4,14H,5,13H2,1-2H3. The summed E-state index contributed by atoms with van der Waals surface area (Å²) >= 11 is 0. The molecule has 0 aliphatic carbocycles. The molecule has 1 aromatic carbocycles. The summed E-state index contributed by atoms with van der Waals surface area (Å²) in [6.45, 7) is 1.94. The Kier molecular flexibility index (Phi) is 3.31. The molecule has 0 atom stereocenters. The first-order chi connectivity index (χ1) is 8.60. The highest BCUT2D eigenvalue weighted by Gasteiger charge is 2.09. The van der Waals surface area contributed by atoms with Gasteiger partial charge in [-0.1, -0.05) is 5.16 Å². The maximum atomic E-state index is 13.6. The zero-order chi connectivity index (χ0) is 13.1. The molecule has 0 spiro atoms. The summed E-state index contributed by atoms with van der Waals surface area (Å²) in [5, 5.41) is 6.47. The van der Waals surface area contributed by atoms with E-state index in [0.29, 0.717) is 17.5 Å². The maximum Gasteiger partial charge on any atom is 0.245 e. The minimum absolute atomic E-state index is 0.227. The molecular weight excluding hydrogens is 239 g/mol. The van der Waals surface area contributed by atoms with Crippen molar-refractivity contribution >= 4 is 11.4 Å². The van der Waals surface area contributed by atoms with Crippen LogP contribution < -0.4 is 15.8 Å². The van der Waals surface area contributed by atoms with Crippen molar-refractivity contribution in [2.24, 2.45) is 0 Å². The highest BCUT2D eigenvalue weighted by molar-refractivity contribution is 5.62. The van der Waals surface area contributed by atoms with Crippen LogP contribution in [0.1, 0.15) is 11.7 Å². The van der Waals surface area contributed by atoms with Crippen LogP contribution >= 0.6 is 0 Å². The van der Waals surface area contributed by atoms with Crippen LogP contribution in [0, 0.1) is 12.7 Å². The van der Waals surface area contributed by atoms with Gasteiger partial charge in [-0.3, -0.25) is 0 Å². The Morgan fingerprint density at radius 3 is 2.89 bits per heavy atom. The summed E-state index contributed by atoms with van der Waals surface area (Å²) in [5.74, 6) is 0.843. The van der Waals surface area contributed by atoms with Crippen molar-refractivity contribution in [2.75, 3.05) is 18.2 Å². The van der Waals surface area contributed by atoms with Crippen molar-refractivity contribution in [2.45, 2.75) is 13.5 Å². The number of benzene rings is 1. The highest BCUT2D eigenvalue weighted by atomic mass is 19.1. The number of methoxy groups -OCH3 is 1. The van der Waals surface area contributed by atoms with E-state index in [-0.39, 0.29) is 17.9 Å². The molecule has 0 aliphatic heterocycles. The van der Waals surface area contributed by atoms with Gasteiger partial charge in [0.15, 0.2) is 5.82 Å². The molecular formula is C11H13FN4O2. The third kappa shape index (κ3) is 2.50. The fraction of sp³-hybridized carbons (Fsp3) is 0.273. The van der Waals surface area contributed by atoms with Gasteiger partial charge in [0.25, 0.3) is 0 Å². The monoisotopic (exact) mass is 252 g/mol. The maximum absolute atomic E-state index is 13.6. The minimum Gasteiger partial charge on any atom is -0.495 e. The quantitative estimate of drug-likeness (QED) is 0.806. The molecule has 0 saturated heterocycles. The summed E-state index contributed by atoms with van der Waals surface area (Å²) in [6.07, 6.45) is 0. The molecule has 1 aromatic heterocycles.